The molecule has 0 saturated carbocycles. The van der Waals surface area contributed by atoms with Crippen LogP contribution in [0.3, 0.4) is 0 Å². The summed E-state index contributed by atoms with van der Waals surface area (Å²) in [6.45, 7) is 0.413. The van der Waals surface area contributed by atoms with E-state index in [1.807, 2.05) is 0 Å². The number of hydrogen-bond donors (Lipinski definition) is 3. The molecule has 7 nitrogen and oxygen atoms in total. The van der Waals surface area contributed by atoms with E-state index >= 15 is 0 Å². The molecular weight excluding hydrogens is 184 g/mol. The highest BCUT2D eigenvalue weighted by Crippen LogP contribution is 1.93. The minimum Gasteiger partial charge on any atom is -0.345 e. The molecule has 2 heterocycles. The summed E-state index contributed by atoms with van der Waals surface area (Å²) in [5.41, 5.74) is 0.901. The van der Waals surface area contributed by atoms with Crippen molar-refractivity contribution in [2.24, 2.45) is 0 Å². The molecule has 72 valence electrons. The second-order valence-electron chi connectivity index (χ2n) is 2.62. The van der Waals surface area contributed by atoms with Crippen molar-refractivity contribution in [2.45, 2.75) is 6.54 Å². The van der Waals surface area contributed by atoms with Crippen LogP contribution < -0.4 is 5.32 Å². The number of H-pyrrole nitrogens is 2. The Bertz CT molecular complexity index is 392. The Labute approximate surface area is 78.9 Å². The van der Waals surface area contributed by atoms with Crippen LogP contribution in [0.2, 0.25) is 0 Å². The lowest BCUT2D eigenvalue weighted by molar-refractivity contribution is 0.0941. The number of nitrogens with one attached hydrogen (secondary N) is 3. The lowest BCUT2D eigenvalue weighted by atomic mass is 10.3. The molecule has 0 fully saturated rings. The molecule has 0 bridgehead atoms. The lowest BCUT2D eigenvalue weighted by Crippen LogP contribution is -2.23. The van der Waals surface area contributed by atoms with E-state index in [-0.39, 0.29) is 11.7 Å². The summed E-state index contributed by atoms with van der Waals surface area (Å²) in [6.07, 6.45) is 4.63. The molecule has 0 aliphatic carbocycles. The predicted molar refractivity (Wildman–Crippen MR) is 46.1 cm³/mol. The molecule has 14 heavy (non-hydrogen) atoms. The minimum atomic E-state index is -0.288. The van der Waals surface area contributed by atoms with Crippen LogP contribution in [0.15, 0.2) is 18.7 Å². The molecule has 2 rings (SSSR count). The van der Waals surface area contributed by atoms with Gasteiger partial charge in [-0.15, -0.1) is 0 Å². The standard InChI is InChI=1S/C7H8N6O/c14-7(6-9-4-12-13-6)8-1-5-2-10-11-3-5/h2-4H,1H2,(H,8,14)(H,10,11)(H,9,12,13). The van der Waals surface area contributed by atoms with E-state index in [1.165, 1.54) is 6.33 Å². The van der Waals surface area contributed by atoms with Crippen molar-refractivity contribution in [1.29, 1.82) is 0 Å². The fraction of sp³-hybridized carbons (Fsp3) is 0.143. The summed E-state index contributed by atoms with van der Waals surface area (Å²) in [7, 11) is 0. The van der Waals surface area contributed by atoms with Crippen LogP contribution in [0, 0.1) is 0 Å². The van der Waals surface area contributed by atoms with E-state index in [1.54, 1.807) is 12.4 Å². The van der Waals surface area contributed by atoms with Gasteiger partial charge in [0.25, 0.3) is 5.91 Å². The number of rotatable bonds is 3. The van der Waals surface area contributed by atoms with Gasteiger partial charge in [0.2, 0.25) is 5.82 Å². The van der Waals surface area contributed by atoms with Crippen molar-refractivity contribution in [3.05, 3.63) is 30.1 Å². The van der Waals surface area contributed by atoms with Gasteiger partial charge in [-0.05, 0) is 0 Å². The van der Waals surface area contributed by atoms with E-state index in [4.69, 9.17) is 0 Å². The molecule has 0 aliphatic heterocycles. The molecule has 0 atom stereocenters. The zero-order valence-corrected chi connectivity index (χ0v) is 7.19. The van der Waals surface area contributed by atoms with Crippen LogP contribution in [0.1, 0.15) is 16.2 Å². The first kappa shape index (κ1) is 8.42. The predicted octanol–water partition coefficient (Wildman–Crippen LogP) is -0.542. The van der Waals surface area contributed by atoms with Gasteiger partial charge in [0.05, 0.1) is 6.20 Å². The van der Waals surface area contributed by atoms with Gasteiger partial charge in [-0.2, -0.15) is 10.2 Å². The van der Waals surface area contributed by atoms with Gasteiger partial charge >= 0.3 is 0 Å². The van der Waals surface area contributed by atoms with E-state index in [2.05, 4.69) is 30.7 Å². The summed E-state index contributed by atoms with van der Waals surface area (Å²) < 4.78 is 0. The fourth-order valence-corrected chi connectivity index (χ4v) is 0.955. The van der Waals surface area contributed by atoms with Gasteiger partial charge in [-0.1, -0.05) is 0 Å². The van der Waals surface area contributed by atoms with Crippen LogP contribution in [-0.2, 0) is 6.54 Å². The van der Waals surface area contributed by atoms with Gasteiger partial charge in [-0.3, -0.25) is 15.0 Å². The summed E-state index contributed by atoms with van der Waals surface area (Å²) in [5, 5.41) is 15.1. The van der Waals surface area contributed by atoms with Crippen molar-refractivity contribution in [1.82, 2.24) is 30.7 Å². The molecule has 1 amide bonds. The van der Waals surface area contributed by atoms with Crippen molar-refractivity contribution < 1.29 is 4.79 Å². The van der Waals surface area contributed by atoms with Crippen LogP contribution in [0.4, 0.5) is 0 Å². The van der Waals surface area contributed by atoms with Crippen molar-refractivity contribution in [3.8, 4) is 0 Å². The molecule has 0 aliphatic rings. The van der Waals surface area contributed by atoms with Gasteiger partial charge in [0.1, 0.15) is 6.33 Å². The molecule has 2 aromatic rings. The number of carbonyl (C=O) groups is 1. The first-order valence-electron chi connectivity index (χ1n) is 3.97. The average Bonchev–Trinajstić information content (AvgIpc) is 2.87. The maximum absolute atomic E-state index is 11.3. The van der Waals surface area contributed by atoms with Gasteiger partial charge in [-0.25, -0.2) is 4.98 Å². The largest absolute Gasteiger partial charge is 0.345 e. The minimum absolute atomic E-state index is 0.202. The van der Waals surface area contributed by atoms with Crippen molar-refractivity contribution >= 4 is 5.91 Å². The second-order valence-corrected chi connectivity index (χ2v) is 2.62. The monoisotopic (exact) mass is 192 g/mol. The molecule has 3 N–H and O–H groups in total. The Balaban J connectivity index is 1.90. The van der Waals surface area contributed by atoms with Gasteiger partial charge in [0.15, 0.2) is 0 Å². The van der Waals surface area contributed by atoms with E-state index in [0.717, 1.165) is 5.56 Å². The summed E-state index contributed by atoms with van der Waals surface area (Å²) in [6, 6.07) is 0. The number of amides is 1. The third-order valence-electron chi connectivity index (χ3n) is 1.64. The molecular formula is C7H8N6O. The summed E-state index contributed by atoms with van der Waals surface area (Å²) >= 11 is 0. The van der Waals surface area contributed by atoms with Crippen LogP contribution >= 0.6 is 0 Å². The van der Waals surface area contributed by atoms with Crippen LogP contribution in [0.5, 0.6) is 0 Å². The molecule has 0 aromatic carbocycles. The van der Waals surface area contributed by atoms with Crippen molar-refractivity contribution in [2.75, 3.05) is 0 Å². The number of nitrogens with zero attached hydrogens (tertiary/aromatic N) is 3. The van der Waals surface area contributed by atoms with E-state index < -0.39 is 0 Å². The SMILES string of the molecule is O=C(NCc1cn[nH]c1)c1ncn[nH]1. The molecule has 0 spiro atoms. The van der Waals surface area contributed by atoms with Crippen molar-refractivity contribution in [3.63, 3.8) is 0 Å². The van der Waals surface area contributed by atoms with Crippen LogP contribution in [-0.4, -0.2) is 31.3 Å². The number of aromatic nitrogens is 5. The third kappa shape index (κ3) is 1.76. The van der Waals surface area contributed by atoms with E-state index in [9.17, 15) is 4.79 Å². The quantitative estimate of drug-likeness (QED) is 0.608. The molecule has 0 unspecified atom stereocenters. The zero-order valence-electron chi connectivity index (χ0n) is 7.19. The first-order valence-corrected chi connectivity index (χ1v) is 3.97. The Morgan fingerprint density at radius 1 is 1.50 bits per heavy atom. The molecule has 0 radical (unpaired) electrons. The van der Waals surface area contributed by atoms with Crippen LogP contribution in [0.25, 0.3) is 0 Å². The Hall–Kier alpha value is -2.18. The fourth-order valence-electron chi connectivity index (χ4n) is 0.955. The average molecular weight is 192 g/mol. The molecule has 2 aromatic heterocycles. The van der Waals surface area contributed by atoms with E-state index in [0.29, 0.717) is 6.54 Å². The number of aromatic amines is 2. The Morgan fingerprint density at radius 3 is 3.07 bits per heavy atom. The number of carbonyl (C=O) groups excluding carboxylic acids is 1. The highest BCUT2D eigenvalue weighted by atomic mass is 16.2. The molecule has 7 heteroatoms. The highest BCUT2D eigenvalue weighted by Gasteiger charge is 2.07. The zero-order chi connectivity index (χ0) is 9.80. The lowest BCUT2D eigenvalue weighted by Gasteiger charge is -1.98. The van der Waals surface area contributed by atoms with Gasteiger partial charge < -0.3 is 5.32 Å². The molecule has 0 saturated heterocycles. The normalized spacial score (nSPS) is 10.0. The first-order chi connectivity index (χ1) is 6.86. The summed E-state index contributed by atoms with van der Waals surface area (Å²) in [5.74, 6) is -0.0859. The topological polar surface area (TPSA) is 99.3 Å². The third-order valence-corrected chi connectivity index (χ3v) is 1.64. The summed E-state index contributed by atoms with van der Waals surface area (Å²) in [4.78, 5) is 15.0. The maximum atomic E-state index is 11.3. The van der Waals surface area contributed by atoms with Gasteiger partial charge in [0, 0.05) is 18.3 Å². The highest BCUT2D eigenvalue weighted by molar-refractivity contribution is 5.90. The maximum Gasteiger partial charge on any atom is 0.288 e. The number of hydrogen-bond acceptors (Lipinski definition) is 4. The smallest absolute Gasteiger partial charge is 0.288 e. The second kappa shape index (κ2) is 3.69. The Morgan fingerprint density at radius 2 is 2.43 bits per heavy atom. The Kier molecular flexibility index (Phi) is 2.22.